The number of carbonyl (C=O) groups excluding carboxylic acids is 1. The zero-order valence-corrected chi connectivity index (χ0v) is 12.9. The minimum absolute atomic E-state index is 0. The van der Waals surface area contributed by atoms with Crippen LogP contribution in [0, 0.1) is 11.2 Å². The highest BCUT2D eigenvalue weighted by molar-refractivity contribution is 7.81. The fourth-order valence-electron chi connectivity index (χ4n) is 3.17. The molecule has 0 amide bonds. The van der Waals surface area contributed by atoms with Gasteiger partial charge in [-0.25, -0.2) is 4.39 Å². The van der Waals surface area contributed by atoms with Crippen LogP contribution in [0.15, 0.2) is 24.3 Å². The lowest BCUT2D eigenvalue weighted by Gasteiger charge is -2.32. The molecule has 0 bridgehead atoms. The Balaban J connectivity index is 0.00000147. The molecule has 0 N–H and O–H groups in total. The Kier molecular flexibility index (Phi) is 4.77. The second kappa shape index (κ2) is 6.04. The lowest BCUT2D eigenvalue weighted by atomic mass is 9.89. The molecular weight excluding hydrogens is 297 g/mol. The molecule has 1 saturated heterocycles. The van der Waals surface area contributed by atoms with Crippen molar-refractivity contribution < 1.29 is 9.18 Å². The van der Waals surface area contributed by atoms with E-state index in [1.54, 1.807) is 6.07 Å². The van der Waals surface area contributed by atoms with Gasteiger partial charge in [0.2, 0.25) is 0 Å². The maximum absolute atomic E-state index is 14.1. The van der Waals surface area contributed by atoms with Crippen molar-refractivity contribution in [2.24, 2.45) is 5.41 Å². The van der Waals surface area contributed by atoms with Crippen molar-refractivity contribution in [1.82, 2.24) is 4.90 Å². The van der Waals surface area contributed by atoms with E-state index in [4.69, 9.17) is 0 Å². The smallest absolute Gasteiger partial charge is 0.128 e. The standard InChI is InChI=1S/C15H18FNOS.ClH/c16-13-4-2-1-3-12(13)14(15(10-18)6-7-15)17-8-5-11(19)9-17;/h1-4,10-11,14,19H,5-9H2;1H. The van der Waals surface area contributed by atoms with E-state index in [1.807, 2.05) is 12.1 Å². The van der Waals surface area contributed by atoms with Crippen LogP contribution < -0.4 is 0 Å². The minimum atomic E-state index is -0.375. The zero-order valence-electron chi connectivity index (χ0n) is 11.2. The zero-order chi connectivity index (χ0) is 13.5. The molecule has 1 aliphatic heterocycles. The van der Waals surface area contributed by atoms with Crippen LogP contribution in [0.3, 0.4) is 0 Å². The molecule has 1 saturated carbocycles. The summed E-state index contributed by atoms with van der Waals surface area (Å²) in [4.78, 5) is 13.7. The monoisotopic (exact) mass is 315 g/mol. The molecule has 5 heteroatoms. The van der Waals surface area contributed by atoms with E-state index >= 15 is 0 Å². The summed E-state index contributed by atoms with van der Waals surface area (Å²) in [5, 5.41) is 0.330. The van der Waals surface area contributed by atoms with Crippen LogP contribution in [0.5, 0.6) is 0 Å². The Morgan fingerprint density at radius 2 is 2.10 bits per heavy atom. The maximum Gasteiger partial charge on any atom is 0.128 e. The highest BCUT2D eigenvalue weighted by atomic mass is 35.5. The molecule has 2 atom stereocenters. The van der Waals surface area contributed by atoms with Crippen molar-refractivity contribution in [3.05, 3.63) is 35.6 Å². The van der Waals surface area contributed by atoms with E-state index in [-0.39, 0.29) is 29.7 Å². The Labute approximate surface area is 130 Å². The van der Waals surface area contributed by atoms with Gasteiger partial charge in [-0.1, -0.05) is 18.2 Å². The summed E-state index contributed by atoms with van der Waals surface area (Å²) in [7, 11) is 0. The molecule has 2 unspecified atom stereocenters. The van der Waals surface area contributed by atoms with Crippen LogP contribution in [-0.4, -0.2) is 29.5 Å². The van der Waals surface area contributed by atoms with Crippen LogP contribution in [0.4, 0.5) is 4.39 Å². The van der Waals surface area contributed by atoms with Gasteiger partial charge in [-0.3, -0.25) is 4.90 Å². The number of rotatable bonds is 4. The lowest BCUT2D eigenvalue weighted by Crippen LogP contribution is -2.34. The first-order valence-electron chi connectivity index (χ1n) is 6.79. The fraction of sp³-hybridized carbons (Fsp3) is 0.533. The summed E-state index contributed by atoms with van der Waals surface area (Å²) in [6.45, 7) is 1.72. The van der Waals surface area contributed by atoms with Crippen LogP contribution in [0.2, 0.25) is 0 Å². The third-order valence-electron chi connectivity index (χ3n) is 4.37. The van der Waals surface area contributed by atoms with E-state index in [0.717, 1.165) is 38.6 Å². The second-order valence-electron chi connectivity index (χ2n) is 5.71. The van der Waals surface area contributed by atoms with Gasteiger partial charge < -0.3 is 4.79 Å². The van der Waals surface area contributed by atoms with E-state index in [9.17, 15) is 9.18 Å². The van der Waals surface area contributed by atoms with Crippen molar-refractivity contribution in [3.8, 4) is 0 Å². The van der Waals surface area contributed by atoms with E-state index in [0.29, 0.717) is 10.8 Å². The highest BCUT2D eigenvalue weighted by Crippen LogP contribution is 2.56. The van der Waals surface area contributed by atoms with Gasteiger partial charge in [-0.2, -0.15) is 12.6 Å². The van der Waals surface area contributed by atoms with Crippen LogP contribution >= 0.6 is 25.0 Å². The average molecular weight is 316 g/mol. The minimum Gasteiger partial charge on any atom is -0.303 e. The number of hydrogen-bond acceptors (Lipinski definition) is 3. The molecule has 0 radical (unpaired) electrons. The molecule has 0 spiro atoms. The van der Waals surface area contributed by atoms with Gasteiger partial charge in [0.25, 0.3) is 0 Å². The topological polar surface area (TPSA) is 20.3 Å². The third-order valence-corrected chi connectivity index (χ3v) is 4.79. The normalized spacial score (nSPS) is 25.8. The molecule has 1 heterocycles. The van der Waals surface area contributed by atoms with Crippen LogP contribution in [-0.2, 0) is 4.79 Å². The van der Waals surface area contributed by atoms with Crippen molar-refractivity contribution in [3.63, 3.8) is 0 Å². The highest BCUT2D eigenvalue weighted by Gasteiger charge is 2.53. The molecular formula is C15H19ClFNOS. The van der Waals surface area contributed by atoms with Gasteiger partial charge in [0.1, 0.15) is 12.1 Å². The van der Waals surface area contributed by atoms with E-state index in [1.165, 1.54) is 6.07 Å². The number of likely N-dealkylation sites (tertiary alicyclic amines) is 1. The van der Waals surface area contributed by atoms with Crippen molar-refractivity contribution >= 4 is 31.3 Å². The van der Waals surface area contributed by atoms with Gasteiger partial charge in [0, 0.05) is 28.8 Å². The van der Waals surface area contributed by atoms with Crippen molar-refractivity contribution in [1.29, 1.82) is 0 Å². The first kappa shape index (κ1) is 15.8. The quantitative estimate of drug-likeness (QED) is 0.680. The van der Waals surface area contributed by atoms with Crippen LogP contribution in [0.1, 0.15) is 30.9 Å². The second-order valence-corrected chi connectivity index (χ2v) is 6.44. The Hall–Kier alpha value is -0.580. The fourth-order valence-corrected chi connectivity index (χ4v) is 3.49. The van der Waals surface area contributed by atoms with Crippen molar-refractivity contribution in [2.75, 3.05) is 13.1 Å². The van der Waals surface area contributed by atoms with Crippen molar-refractivity contribution in [2.45, 2.75) is 30.6 Å². The van der Waals surface area contributed by atoms with Gasteiger partial charge in [0.15, 0.2) is 0 Å². The van der Waals surface area contributed by atoms with Gasteiger partial charge in [-0.15, -0.1) is 12.4 Å². The molecule has 1 aromatic carbocycles. The molecule has 2 fully saturated rings. The number of halogens is 2. The van der Waals surface area contributed by atoms with Gasteiger partial charge in [-0.05, 0) is 31.9 Å². The summed E-state index contributed by atoms with van der Waals surface area (Å²) in [6, 6.07) is 6.72. The predicted molar refractivity (Wildman–Crippen MR) is 83.1 cm³/mol. The Bertz CT molecular complexity index is 495. The molecule has 110 valence electrons. The molecule has 1 aliphatic carbocycles. The molecule has 20 heavy (non-hydrogen) atoms. The largest absolute Gasteiger partial charge is 0.303 e. The summed E-state index contributed by atoms with van der Waals surface area (Å²) in [6.07, 6.45) is 3.77. The lowest BCUT2D eigenvalue weighted by molar-refractivity contribution is -0.114. The summed E-state index contributed by atoms with van der Waals surface area (Å²) in [5.74, 6) is -0.205. The average Bonchev–Trinajstić information content (AvgIpc) is 3.08. The van der Waals surface area contributed by atoms with Gasteiger partial charge in [0.05, 0.1) is 0 Å². The SMILES string of the molecule is Cl.O=CC1(C(c2ccccc2F)N2CCC(S)C2)CC1. The van der Waals surface area contributed by atoms with E-state index < -0.39 is 0 Å². The molecule has 2 aliphatic rings. The summed E-state index contributed by atoms with van der Waals surface area (Å²) < 4.78 is 14.1. The number of thiol groups is 1. The number of hydrogen-bond donors (Lipinski definition) is 1. The number of aldehydes is 1. The number of benzene rings is 1. The number of nitrogens with zero attached hydrogens (tertiary/aromatic N) is 1. The van der Waals surface area contributed by atoms with Crippen LogP contribution in [0.25, 0.3) is 0 Å². The summed E-state index contributed by atoms with van der Waals surface area (Å²) >= 11 is 4.51. The Morgan fingerprint density at radius 3 is 2.60 bits per heavy atom. The van der Waals surface area contributed by atoms with Gasteiger partial charge >= 0.3 is 0 Å². The molecule has 3 rings (SSSR count). The number of carbonyl (C=O) groups is 1. The Morgan fingerprint density at radius 1 is 1.40 bits per heavy atom. The van der Waals surface area contributed by atoms with E-state index in [2.05, 4.69) is 17.5 Å². The predicted octanol–water partition coefficient (Wildman–Crippen LogP) is 3.27. The molecule has 2 nitrogen and oxygen atoms in total. The third kappa shape index (κ3) is 2.74. The molecule has 0 aromatic heterocycles. The molecule has 1 aromatic rings. The first-order chi connectivity index (χ1) is 9.16. The summed E-state index contributed by atoms with van der Waals surface area (Å²) in [5.41, 5.74) is 0.287. The first-order valence-corrected chi connectivity index (χ1v) is 7.31. The maximum atomic E-state index is 14.1.